The van der Waals surface area contributed by atoms with Gasteiger partial charge in [-0.25, -0.2) is 14.1 Å². The van der Waals surface area contributed by atoms with Crippen LogP contribution in [0.3, 0.4) is 0 Å². The summed E-state index contributed by atoms with van der Waals surface area (Å²) in [7, 11) is -4.76. The number of nitrogens with one attached hydrogen (secondary N) is 1. The van der Waals surface area contributed by atoms with E-state index >= 15 is 0 Å². The summed E-state index contributed by atoms with van der Waals surface area (Å²) in [6, 6.07) is -2.29. The number of carbonyl (C=O) groups is 3. The third-order valence-corrected chi connectivity index (χ3v) is 5.79. The summed E-state index contributed by atoms with van der Waals surface area (Å²) in [5.74, 6) is -2.70. The Kier molecular flexibility index (Phi) is 6.87. The van der Waals surface area contributed by atoms with Crippen molar-refractivity contribution in [2.75, 3.05) is 5.73 Å². The van der Waals surface area contributed by atoms with Crippen molar-refractivity contribution in [3.63, 3.8) is 0 Å². The lowest BCUT2D eigenvalue weighted by molar-refractivity contribution is -0.179. The van der Waals surface area contributed by atoms with Crippen LogP contribution in [-0.4, -0.2) is 69.0 Å². The summed E-state index contributed by atoms with van der Waals surface area (Å²) in [5.41, 5.74) is 2.85. The van der Waals surface area contributed by atoms with E-state index in [4.69, 9.17) is 19.9 Å². The van der Waals surface area contributed by atoms with Gasteiger partial charge in [-0.3, -0.25) is 14.1 Å². The van der Waals surface area contributed by atoms with Crippen LogP contribution in [0.2, 0.25) is 0 Å². The molecule has 4 N–H and O–H groups in total. The highest BCUT2D eigenvalue weighted by Crippen LogP contribution is 2.24. The average Bonchev–Trinajstić information content (AvgIpc) is 3.03. The molecule has 178 valence electrons. The van der Waals surface area contributed by atoms with Crippen LogP contribution in [0.25, 0.3) is 0 Å². The molecule has 13 nitrogen and oxygen atoms in total. The molecule has 1 aromatic rings. The number of oxime groups is 1. The lowest BCUT2D eigenvalue weighted by Gasteiger charge is -2.42. The normalized spacial score (nSPS) is 19.9. The number of β-lactam (4-membered cyclic amide) rings is 1. The largest absolute Gasteiger partial charge is 0.457 e. The first-order chi connectivity index (χ1) is 14.4. The summed E-state index contributed by atoms with van der Waals surface area (Å²) in [6.45, 7) is 9.11. The highest BCUT2D eigenvalue weighted by Gasteiger charge is 2.51. The standard InChI is InChI=1S/C17H25N5O8S2/c1-8-10(13(24)22(8)32(26,27)28)20-12(23)11(9-7-31-15(18)19-9)21-30-17(5,6)14(25)29-16(2,3)4/h7-8,10H,1-6H3,(H2,18,19)(H,20,23)(H,26,27,28)/b21-11-/t8-,10?/m0/s1. The van der Waals surface area contributed by atoms with E-state index in [0.29, 0.717) is 0 Å². The van der Waals surface area contributed by atoms with Crippen LogP contribution in [0.4, 0.5) is 5.13 Å². The maximum atomic E-state index is 12.8. The molecule has 1 fully saturated rings. The predicted molar refractivity (Wildman–Crippen MR) is 114 cm³/mol. The van der Waals surface area contributed by atoms with Crippen LogP contribution < -0.4 is 11.1 Å². The molecule has 1 aliphatic rings. The van der Waals surface area contributed by atoms with Crippen LogP contribution in [0.5, 0.6) is 0 Å². The number of hydrogen-bond donors (Lipinski definition) is 3. The summed E-state index contributed by atoms with van der Waals surface area (Å²) < 4.78 is 37.1. The second-order valence-electron chi connectivity index (χ2n) is 8.42. The molecule has 32 heavy (non-hydrogen) atoms. The molecule has 1 aromatic heterocycles. The van der Waals surface area contributed by atoms with E-state index < -0.39 is 57.1 Å². The summed E-state index contributed by atoms with van der Waals surface area (Å²) in [4.78, 5) is 46.5. The predicted octanol–water partition coefficient (Wildman–Crippen LogP) is 0.0846. The fraction of sp³-hybridized carbons (Fsp3) is 0.588. The van der Waals surface area contributed by atoms with Gasteiger partial charge in [0.1, 0.15) is 17.3 Å². The number of amides is 2. The van der Waals surface area contributed by atoms with Gasteiger partial charge in [0.2, 0.25) is 5.60 Å². The fourth-order valence-corrected chi connectivity index (χ4v) is 3.94. The van der Waals surface area contributed by atoms with Gasteiger partial charge in [-0.05, 0) is 41.5 Å². The van der Waals surface area contributed by atoms with Gasteiger partial charge in [0.05, 0.1) is 6.04 Å². The van der Waals surface area contributed by atoms with E-state index in [0.717, 1.165) is 11.3 Å². The molecule has 0 radical (unpaired) electrons. The molecule has 0 bridgehead atoms. The summed E-state index contributed by atoms with van der Waals surface area (Å²) in [6.07, 6.45) is 0. The lowest BCUT2D eigenvalue weighted by Crippen LogP contribution is -2.71. The molecule has 1 unspecified atom stereocenters. The van der Waals surface area contributed by atoms with E-state index in [1.807, 2.05) is 0 Å². The summed E-state index contributed by atoms with van der Waals surface area (Å²) >= 11 is 1.01. The number of nitrogens with two attached hydrogens (primary N) is 1. The number of nitrogens with zero attached hydrogens (tertiary/aromatic N) is 3. The number of carbonyl (C=O) groups excluding carboxylic acids is 3. The van der Waals surface area contributed by atoms with Crippen molar-refractivity contribution in [2.24, 2.45) is 5.16 Å². The first kappa shape index (κ1) is 25.5. The number of hydrogen-bond acceptors (Lipinski definition) is 11. The maximum absolute atomic E-state index is 12.8. The van der Waals surface area contributed by atoms with Crippen molar-refractivity contribution in [1.29, 1.82) is 0 Å². The van der Waals surface area contributed by atoms with Gasteiger partial charge < -0.3 is 20.6 Å². The third kappa shape index (κ3) is 5.72. The Morgan fingerprint density at radius 2 is 1.91 bits per heavy atom. The van der Waals surface area contributed by atoms with Crippen LogP contribution >= 0.6 is 11.3 Å². The molecule has 2 rings (SSSR count). The quantitative estimate of drug-likeness (QED) is 0.155. The number of esters is 1. The molecule has 2 atom stereocenters. The van der Waals surface area contributed by atoms with Gasteiger partial charge in [0.25, 0.3) is 11.8 Å². The zero-order valence-electron chi connectivity index (χ0n) is 18.3. The smallest absolute Gasteiger partial charge is 0.362 e. The number of ether oxygens (including phenoxy) is 1. The van der Waals surface area contributed by atoms with Gasteiger partial charge in [-0.15, -0.1) is 11.3 Å². The minimum Gasteiger partial charge on any atom is -0.457 e. The minimum absolute atomic E-state index is 0.0102. The van der Waals surface area contributed by atoms with E-state index in [2.05, 4.69) is 15.5 Å². The number of rotatable bonds is 7. The van der Waals surface area contributed by atoms with Crippen LogP contribution in [0, 0.1) is 0 Å². The fourth-order valence-electron chi connectivity index (χ4n) is 2.51. The average molecular weight is 492 g/mol. The zero-order chi connectivity index (χ0) is 24.6. The molecule has 0 aliphatic carbocycles. The van der Waals surface area contributed by atoms with E-state index in [9.17, 15) is 22.8 Å². The maximum Gasteiger partial charge on any atom is 0.362 e. The molecule has 1 saturated heterocycles. The van der Waals surface area contributed by atoms with Gasteiger partial charge >= 0.3 is 16.3 Å². The Labute approximate surface area is 188 Å². The van der Waals surface area contributed by atoms with Crippen LogP contribution in [-0.2, 0) is 34.3 Å². The monoisotopic (exact) mass is 491 g/mol. The van der Waals surface area contributed by atoms with Gasteiger partial charge in [0.15, 0.2) is 10.8 Å². The zero-order valence-corrected chi connectivity index (χ0v) is 19.9. The van der Waals surface area contributed by atoms with Crippen LogP contribution in [0.15, 0.2) is 10.5 Å². The van der Waals surface area contributed by atoms with Crippen molar-refractivity contribution in [2.45, 2.75) is 64.8 Å². The first-order valence-electron chi connectivity index (χ1n) is 9.26. The van der Waals surface area contributed by atoms with Crippen molar-refractivity contribution in [1.82, 2.24) is 14.6 Å². The Morgan fingerprint density at radius 3 is 2.34 bits per heavy atom. The topological polar surface area (TPSA) is 191 Å². The third-order valence-electron chi connectivity index (χ3n) is 4.11. The van der Waals surface area contributed by atoms with Crippen molar-refractivity contribution >= 4 is 50.3 Å². The Bertz CT molecular complexity index is 1060. The Hall–Kier alpha value is -2.78. The van der Waals surface area contributed by atoms with Crippen molar-refractivity contribution < 1.29 is 36.9 Å². The number of thiazole rings is 1. The van der Waals surface area contributed by atoms with Crippen molar-refractivity contribution in [3.8, 4) is 0 Å². The molecular weight excluding hydrogens is 466 g/mol. The van der Waals surface area contributed by atoms with E-state index in [1.165, 1.54) is 26.2 Å². The molecule has 2 heterocycles. The number of nitrogen functional groups attached to an aromatic ring is 1. The SMILES string of the molecule is C[C@H]1C(NC(=O)/C(=N\OC(C)(C)C(=O)OC(C)(C)C)c2csc(N)n2)C(=O)N1S(=O)(=O)O. The molecular formula is C17H25N5O8S2. The second-order valence-corrected chi connectivity index (χ2v) is 10.6. The molecule has 15 heteroatoms. The molecule has 1 aliphatic heterocycles. The van der Waals surface area contributed by atoms with Crippen LogP contribution in [0.1, 0.15) is 47.2 Å². The first-order valence-corrected chi connectivity index (χ1v) is 11.5. The molecule has 0 saturated carbocycles. The Balaban J connectivity index is 2.26. The second kappa shape index (κ2) is 8.63. The van der Waals surface area contributed by atoms with Gasteiger partial charge in [0, 0.05) is 5.38 Å². The number of aromatic nitrogens is 1. The van der Waals surface area contributed by atoms with Gasteiger partial charge in [-0.2, -0.15) is 8.42 Å². The van der Waals surface area contributed by atoms with E-state index in [-0.39, 0.29) is 15.1 Å². The molecule has 0 spiro atoms. The molecule has 0 aromatic carbocycles. The highest BCUT2D eigenvalue weighted by atomic mass is 32.2. The molecule has 2 amide bonds. The number of anilines is 1. The highest BCUT2D eigenvalue weighted by molar-refractivity contribution is 7.84. The Morgan fingerprint density at radius 1 is 1.31 bits per heavy atom. The van der Waals surface area contributed by atoms with E-state index in [1.54, 1.807) is 20.8 Å². The van der Waals surface area contributed by atoms with Gasteiger partial charge in [-0.1, -0.05) is 5.16 Å². The summed E-state index contributed by atoms with van der Waals surface area (Å²) in [5, 5.41) is 7.61. The van der Waals surface area contributed by atoms with Crippen molar-refractivity contribution in [3.05, 3.63) is 11.1 Å². The minimum atomic E-state index is -4.76. The lowest BCUT2D eigenvalue weighted by atomic mass is 10.0.